The summed E-state index contributed by atoms with van der Waals surface area (Å²) in [4.78, 5) is 14.3. The van der Waals surface area contributed by atoms with Gasteiger partial charge in [-0.15, -0.1) is 0 Å². The molecule has 1 amide bonds. The lowest BCUT2D eigenvalue weighted by Gasteiger charge is -2.31. The average molecular weight is 302 g/mol. The van der Waals surface area contributed by atoms with Gasteiger partial charge in [0, 0.05) is 13.2 Å². The fraction of sp³-hybridized carbons (Fsp3) is 0.611. The minimum absolute atomic E-state index is 0.133. The Morgan fingerprint density at radius 1 is 1.18 bits per heavy atom. The molecule has 1 unspecified atom stereocenters. The molecule has 1 N–H and O–H groups in total. The van der Waals surface area contributed by atoms with Crippen LogP contribution in [0.3, 0.4) is 0 Å². The van der Waals surface area contributed by atoms with Crippen LogP contribution in [0.5, 0.6) is 0 Å². The molecule has 0 radical (unpaired) electrons. The molecule has 2 heterocycles. The molecule has 0 spiro atoms. The van der Waals surface area contributed by atoms with Crippen LogP contribution < -0.4 is 5.32 Å². The number of likely N-dealkylation sites (tertiary alicyclic amines) is 1. The molecule has 2 saturated heterocycles. The fourth-order valence-electron chi connectivity index (χ4n) is 3.44. The van der Waals surface area contributed by atoms with Gasteiger partial charge in [0.05, 0.1) is 12.6 Å². The van der Waals surface area contributed by atoms with Crippen LogP contribution in [0.4, 0.5) is 0 Å². The van der Waals surface area contributed by atoms with Crippen molar-refractivity contribution in [3.8, 4) is 0 Å². The molecule has 3 rings (SSSR count). The van der Waals surface area contributed by atoms with Crippen molar-refractivity contribution in [2.75, 3.05) is 32.8 Å². The molecule has 0 saturated carbocycles. The summed E-state index contributed by atoms with van der Waals surface area (Å²) in [7, 11) is 0. The first-order valence-corrected chi connectivity index (χ1v) is 8.47. The Balaban J connectivity index is 1.37. The Bertz CT molecular complexity index is 463. The molecule has 0 aliphatic carbocycles. The van der Waals surface area contributed by atoms with Crippen molar-refractivity contribution in [3.05, 3.63) is 35.9 Å². The number of rotatable bonds is 5. The van der Waals surface area contributed by atoms with Gasteiger partial charge in [-0.1, -0.05) is 30.3 Å². The molecule has 1 aromatic rings. The Morgan fingerprint density at radius 3 is 2.64 bits per heavy atom. The van der Waals surface area contributed by atoms with Gasteiger partial charge in [-0.25, -0.2) is 0 Å². The topological polar surface area (TPSA) is 41.6 Å². The molecule has 120 valence electrons. The van der Waals surface area contributed by atoms with E-state index >= 15 is 0 Å². The quantitative estimate of drug-likeness (QED) is 0.906. The highest BCUT2D eigenvalue weighted by Crippen LogP contribution is 2.27. The Kier molecular flexibility index (Phi) is 5.46. The summed E-state index contributed by atoms with van der Waals surface area (Å²) >= 11 is 0. The van der Waals surface area contributed by atoms with E-state index in [0.717, 1.165) is 45.4 Å². The van der Waals surface area contributed by atoms with E-state index in [2.05, 4.69) is 40.5 Å². The predicted molar refractivity (Wildman–Crippen MR) is 86.8 cm³/mol. The SMILES string of the molecule is O=C(CN1CCC(c2ccccc2)CC1)NCC1CCCO1. The average Bonchev–Trinajstić information content (AvgIpc) is 3.08. The van der Waals surface area contributed by atoms with E-state index in [1.54, 1.807) is 0 Å². The molecule has 4 nitrogen and oxygen atoms in total. The summed E-state index contributed by atoms with van der Waals surface area (Å²) in [5.41, 5.74) is 1.44. The van der Waals surface area contributed by atoms with Crippen LogP contribution in [0.15, 0.2) is 30.3 Å². The molecular formula is C18H26N2O2. The fourth-order valence-corrected chi connectivity index (χ4v) is 3.44. The molecule has 1 atom stereocenters. The number of nitrogens with zero attached hydrogens (tertiary/aromatic N) is 1. The molecular weight excluding hydrogens is 276 g/mol. The van der Waals surface area contributed by atoms with Crippen molar-refractivity contribution in [1.82, 2.24) is 10.2 Å². The first kappa shape index (κ1) is 15.5. The maximum atomic E-state index is 12.0. The van der Waals surface area contributed by atoms with Gasteiger partial charge in [-0.2, -0.15) is 0 Å². The zero-order valence-electron chi connectivity index (χ0n) is 13.2. The Morgan fingerprint density at radius 2 is 1.95 bits per heavy atom. The monoisotopic (exact) mass is 302 g/mol. The third-order valence-electron chi connectivity index (χ3n) is 4.78. The van der Waals surface area contributed by atoms with Crippen LogP contribution in [-0.2, 0) is 9.53 Å². The second kappa shape index (κ2) is 7.75. The smallest absolute Gasteiger partial charge is 0.234 e. The number of hydrogen-bond acceptors (Lipinski definition) is 3. The van der Waals surface area contributed by atoms with Crippen molar-refractivity contribution < 1.29 is 9.53 Å². The number of carbonyl (C=O) groups excluding carboxylic acids is 1. The largest absolute Gasteiger partial charge is 0.376 e. The number of amides is 1. The molecule has 2 fully saturated rings. The molecule has 22 heavy (non-hydrogen) atoms. The predicted octanol–water partition coefficient (Wildman–Crippen LogP) is 2.16. The first-order chi connectivity index (χ1) is 10.8. The molecule has 1 aromatic carbocycles. The summed E-state index contributed by atoms with van der Waals surface area (Å²) in [6, 6.07) is 10.7. The summed E-state index contributed by atoms with van der Waals surface area (Å²) in [6.45, 7) is 4.04. The third kappa shape index (κ3) is 4.31. The maximum absolute atomic E-state index is 12.0. The van der Waals surface area contributed by atoms with Gasteiger partial charge in [0.15, 0.2) is 0 Å². The number of benzene rings is 1. The number of ether oxygens (including phenoxy) is 1. The van der Waals surface area contributed by atoms with Gasteiger partial charge in [-0.3, -0.25) is 9.69 Å². The number of nitrogens with one attached hydrogen (secondary N) is 1. The first-order valence-electron chi connectivity index (χ1n) is 8.47. The lowest BCUT2D eigenvalue weighted by Crippen LogP contribution is -2.42. The van der Waals surface area contributed by atoms with Crippen LogP contribution in [0.25, 0.3) is 0 Å². The maximum Gasteiger partial charge on any atom is 0.234 e. The van der Waals surface area contributed by atoms with Gasteiger partial charge in [-0.05, 0) is 50.3 Å². The van der Waals surface area contributed by atoms with Gasteiger partial charge >= 0.3 is 0 Å². The molecule has 2 aliphatic rings. The molecule has 2 aliphatic heterocycles. The minimum Gasteiger partial charge on any atom is -0.376 e. The molecule has 0 aromatic heterocycles. The van der Waals surface area contributed by atoms with E-state index in [1.807, 2.05) is 0 Å². The number of carbonyl (C=O) groups is 1. The summed E-state index contributed by atoms with van der Waals surface area (Å²) in [6.07, 6.45) is 4.70. The van der Waals surface area contributed by atoms with Gasteiger partial charge in [0.25, 0.3) is 0 Å². The zero-order valence-corrected chi connectivity index (χ0v) is 13.2. The van der Waals surface area contributed by atoms with Gasteiger partial charge in [0.2, 0.25) is 5.91 Å². The van der Waals surface area contributed by atoms with E-state index in [9.17, 15) is 4.79 Å². The lowest BCUT2D eigenvalue weighted by molar-refractivity contribution is -0.123. The van der Waals surface area contributed by atoms with E-state index in [4.69, 9.17) is 4.74 Å². The van der Waals surface area contributed by atoms with Gasteiger partial charge in [0.1, 0.15) is 0 Å². The summed E-state index contributed by atoms with van der Waals surface area (Å²) in [5, 5.41) is 3.01. The minimum atomic E-state index is 0.133. The Hall–Kier alpha value is -1.39. The van der Waals surface area contributed by atoms with Gasteiger partial charge < -0.3 is 10.1 Å². The third-order valence-corrected chi connectivity index (χ3v) is 4.78. The number of hydrogen-bond donors (Lipinski definition) is 1. The van der Waals surface area contributed by atoms with Crippen LogP contribution in [0.1, 0.15) is 37.2 Å². The van der Waals surface area contributed by atoms with Crippen molar-refractivity contribution in [2.45, 2.75) is 37.7 Å². The molecule has 0 bridgehead atoms. The normalized spacial score (nSPS) is 23.5. The van der Waals surface area contributed by atoms with Crippen molar-refractivity contribution in [2.24, 2.45) is 0 Å². The van der Waals surface area contributed by atoms with E-state index in [1.165, 1.54) is 5.56 Å². The van der Waals surface area contributed by atoms with Crippen molar-refractivity contribution in [3.63, 3.8) is 0 Å². The van der Waals surface area contributed by atoms with E-state index < -0.39 is 0 Å². The lowest BCUT2D eigenvalue weighted by atomic mass is 9.89. The van der Waals surface area contributed by atoms with E-state index in [-0.39, 0.29) is 12.0 Å². The molecule has 4 heteroatoms. The highest BCUT2D eigenvalue weighted by atomic mass is 16.5. The zero-order chi connectivity index (χ0) is 15.2. The van der Waals surface area contributed by atoms with Crippen LogP contribution >= 0.6 is 0 Å². The van der Waals surface area contributed by atoms with Crippen LogP contribution in [0, 0.1) is 0 Å². The second-order valence-electron chi connectivity index (χ2n) is 6.40. The Labute approximate surface area is 132 Å². The second-order valence-corrected chi connectivity index (χ2v) is 6.40. The highest BCUT2D eigenvalue weighted by Gasteiger charge is 2.22. The number of piperidine rings is 1. The summed E-state index contributed by atoms with van der Waals surface area (Å²) < 4.78 is 5.53. The summed E-state index contributed by atoms with van der Waals surface area (Å²) in [5.74, 6) is 0.779. The van der Waals surface area contributed by atoms with Crippen molar-refractivity contribution >= 4 is 5.91 Å². The van der Waals surface area contributed by atoms with Crippen LogP contribution in [0.2, 0.25) is 0 Å². The standard InChI is InChI=1S/C18H26N2O2/c21-18(19-13-17-7-4-12-22-17)14-20-10-8-16(9-11-20)15-5-2-1-3-6-15/h1-3,5-6,16-17H,4,7-14H2,(H,19,21). The highest BCUT2D eigenvalue weighted by molar-refractivity contribution is 5.78. The van der Waals surface area contributed by atoms with Crippen molar-refractivity contribution in [1.29, 1.82) is 0 Å². The van der Waals surface area contributed by atoms with E-state index in [0.29, 0.717) is 19.0 Å². The van der Waals surface area contributed by atoms with Crippen LogP contribution in [-0.4, -0.2) is 49.7 Å².